The molecule has 0 spiro atoms. The van der Waals surface area contributed by atoms with Crippen LogP contribution in [0.15, 0.2) is 24.3 Å². The molecular formula is C18H27N3O5. The van der Waals surface area contributed by atoms with Crippen molar-refractivity contribution in [2.75, 3.05) is 20.2 Å². The van der Waals surface area contributed by atoms with Crippen molar-refractivity contribution in [1.82, 2.24) is 10.2 Å². The third-order valence-corrected chi connectivity index (χ3v) is 4.99. The molecule has 26 heavy (non-hydrogen) atoms. The Balaban J connectivity index is 2.01. The molecule has 1 aliphatic heterocycles. The van der Waals surface area contributed by atoms with E-state index in [4.69, 9.17) is 0 Å². The molecule has 1 heterocycles. The zero-order valence-corrected chi connectivity index (χ0v) is 15.2. The maximum atomic E-state index is 12.6. The Morgan fingerprint density at radius 3 is 2.62 bits per heavy atom. The molecule has 2 rings (SSSR count). The molecule has 8 nitrogen and oxygen atoms in total. The van der Waals surface area contributed by atoms with E-state index >= 15 is 0 Å². The third-order valence-electron chi connectivity index (χ3n) is 4.99. The molecule has 1 aliphatic rings. The van der Waals surface area contributed by atoms with Crippen LogP contribution in [0.5, 0.6) is 0 Å². The number of non-ortho nitro benzene ring substituents is 1. The second-order valence-corrected chi connectivity index (χ2v) is 6.94. The van der Waals surface area contributed by atoms with Gasteiger partial charge in [-0.1, -0.05) is 13.3 Å². The van der Waals surface area contributed by atoms with Gasteiger partial charge in [-0.2, -0.15) is 0 Å². The van der Waals surface area contributed by atoms with Crippen LogP contribution in [0, 0.1) is 16.0 Å². The van der Waals surface area contributed by atoms with Gasteiger partial charge >= 0.3 is 0 Å². The summed E-state index contributed by atoms with van der Waals surface area (Å²) in [7, 11) is 1.90. The fourth-order valence-electron chi connectivity index (χ4n) is 3.56. The number of rotatable bonds is 8. The van der Waals surface area contributed by atoms with Gasteiger partial charge in [0.2, 0.25) is 5.91 Å². The summed E-state index contributed by atoms with van der Waals surface area (Å²) < 4.78 is 0. The molecule has 0 aliphatic carbocycles. The molecule has 144 valence electrons. The van der Waals surface area contributed by atoms with Crippen LogP contribution in [0.1, 0.15) is 37.9 Å². The number of likely N-dealkylation sites (N-methyl/N-ethyl adjacent to an activating group) is 1. The van der Waals surface area contributed by atoms with E-state index in [0.717, 1.165) is 25.8 Å². The van der Waals surface area contributed by atoms with Crippen LogP contribution in [0.2, 0.25) is 0 Å². The molecule has 1 saturated heterocycles. The number of hydrogen-bond acceptors (Lipinski definition) is 6. The number of carbonyl (C=O) groups excluding carboxylic acids is 1. The van der Waals surface area contributed by atoms with Gasteiger partial charge in [-0.25, -0.2) is 0 Å². The predicted octanol–water partition coefficient (Wildman–Crippen LogP) is 1.23. The molecule has 1 aromatic rings. The summed E-state index contributed by atoms with van der Waals surface area (Å²) in [6.07, 6.45) is 1.76. The van der Waals surface area contributed by atoms with E-state index in [1.165, 1.54) is 24.3 Å². The molecule has 8 heteroatoms. The SMILES string of the molecule is CCCC1CC(C(=O)NC(CO)C(O)c2ccc([N+](=O)[O-])cc2)N(C)C1. The Morgan fingerprint density at radius 2 is 2.08 bits per heavy atom. The number of aliphatic hydroxyl groups is 2. The zero-order valence-electron chi connectivity index (χ0n) is 15.2. The Morgan fingerprint density at radius 1 is 1.42 bits per heavy atom. The number of likely N-dealkylation sites (tertiary alicyclic amines) is 1. The van der Waals surface area contributed by atoms with Crippen molar-refractivity contribution >= 4 is 11.6 Å². The molecule has 4 unspecified atom stereocenters. The van der Waals surface area contributed by atoms with E-state index in [-0.39, 0.29) is 17.6 Å². The average molecular weight is 365 g/mol. The van der Waals surface area contributed by atoms with E-state index in [2.05, 4.69) is 12.2 Å². The van der Waals surface area contributed by atoms with E-state index < -0.39 is 23.7 Å². The molecule has 1 amide bonds. The number of carbonyl (C=O) groups is 1. The highest BCUT2D eigenvalue weighted by Crippen LogP contribution is 2.26. The summed E-state index contributed by atoms with van der Waals surface area (Å²) in [5, 5.41) is 33.5. The monoisotopic (exact) mass is 365 g/mol. The smallest absolute Gasteiger partial charge is 0.269 e. The van der Waals surface area contributed by atoms with Crippen molar-refractivity contribution in [3.05, 3.63) is 39.9 Å². The first kappa shape index (κ1) is 20.3. The Hall–Kier alpha value is -2.03. The molecule has 0 saturated carbocycles. The second kappa shape index (κ2) is 9.07. The van der Waals surface area contributed by atoms with Crippen molar-refractivity contribution in [3.8, 4) is 0 Å². The summed E-state index contributed by atoms with van der Waals surface area (Å²) in [6, 6.07) is 4.28. The van der Waals surface area contributed by atoms with Crippen LogP contribution in [0.4, 0.5) is 5.69 Å². The summed E-state index contributed by atoms with van der Waals surface area (Å²) in [5.41, 5.74) is 0.318. The molecule has 1 fully saturated rings. The number of hydrogen-bond donors (Lipinski definition) is 3. The van der Waals surface area contributed by atoms with Gasteiger partial charge in [0.15, 0.2) is 0 Å². The van der Waals surface area contributed by atoms with Crippen molar-refractivity contribution in [1.29, 1.82) is 0 Å². The fraction of sp³-hybridized carbons (Fsp3) is 0.611. The van der Waals surface area contributed by atoms with Gasteiger partial charge in [0.05, 0.1) is 23.6 Å². The molecule has 0 bridgehead atoms. The highest BCUT2D eigenvalue weighted by Gasteiger charge is 2.35. The van der Waals surface area contributed by atoms with Gasteiger partial charge in [-0.3, -0.25) is 19.8 Å². The van der Waals surface area contributed by atoms with Crippen molar-refractivity contribution in [2.45, 2.75) is 44.4 Å². The minimum atomic E-state index is -1.15. The lowest BCUT2D eigenvalue weighted by molar-refractivity contribution is -0.384. The second-order valence-electron chi connectivity index (χ2n) is 6.94. The number of nitro benzene ring substituents is 1. The van der Waals surface area contributed by atoms with E-state index in [0.29, 0.717) is 11.5 Å². The first-order valence-corrected chi connectivity index (χ1v) is 8.91. The minimum absolute atomic E-state index is 0.0833. The number of aliphatic hydroxyl groups excluding tert-OH is 2. The van der Waals surface area contributed by atoms with Crippen LogP contribution in [0.25, 0.3) is 0 Å². The van der Waals surface area contributed by atoms with Crippen LogP contribution >= 0.6 is 0 Å². The third kappa shape index (κ3) is 4.78. The number of benzene rings is 1. The van der Waals surface area contributed by atoms with Crippen molar-refractivity contribution in [3.63, 3.8) is 0 Å². The van der Waals surface area contributed by atoms with E-state index in [9.17, 15) is 25.1 Å². The molecule has 0 radical (unpaired) electrons. The van der Waals surface area contributed by atoms with Crippen LogP contribution < -0.4 is 5.32 Å². The number of nitrogens with zero attached hydrogens (tertiary/aromatic N) is 2. The Kier molecular flexibility index (Phi) is 7.07. The Bertz CT molecular complexity index is 622. The maximum Gasteiger partial charge on any atom is 0.269 e. The normalized spacial score (nSPS) is 22.8. The highest BCUT2D eigenvalue weighted by molar-refractivity contribution is 5.82. The van der Waals surface area contributed by atoms with Gasteiger partial charge in [0.1, 0.15) is 6.10 Å². The Labute approximate surface area is 153 Å². The van der Waals surface area contributed by atoms with Gasteiger partial charge in [-0.15, -0.1) is 0 Å². The van der Waals surface area contributed by atoms with Gasteiger partial charge < -0.3 is 15.5 Å². The number of amides is 1. The minimum Gasteiger partial charge on any atom is -0.394 e. The van der Waals surface area contributed by atoms with E-state index in [1.807, 2.05) is 11.9 Å². The van der Waals surface area contributed by atoms with E-state index in [1.54, 1.807) is 0 Å². The standard InChI is InChI=1S/C18H27N3O5/c1-3-4-12-9-16(20(2)10-12)18(24)19-15(11-22)17(23)13-5-7-14(8-6-13)21(25)26/h5-8,12,15-17,22-23H,3-4,9-11H2,1-2H3,(H,19,24). The molecular weight excluding hydrogens is 338 g/mol. The van der Waals surface area contributed by atoms with Gasteiger partial charge in [0, 0.05) is 18.7 Å². The topological polar surface area (TPSA) is 116 Å². The number of nitrogens with one attached hydrogen (secondary N) is 1. The quantitative estimate of drug-likeness (QED) is 0.471. The summed E-state index contributed by atoms with van der Waals surface area (Å²) in [6.45, 7) is 2.55. The lowest BCUT2D eigenvalue weighted by Crippen LogP contribution is -2.49. The molecule has 0 aromatic heterocycles. The zero-order chi connectivity index (χ0) is 19.3. The summed E-state index contributed by atoms with van der Waals surface area (Å²) in [5.74, 6) is 0.263. The van der Waals surface area contributed by atoms with Crippen molar-refractivity contribution < 1.29 is 19.9 Å². The molecule has 1 aromatic carbocycles. The lowest BCUT2D eigenvalue weighted by Gasteiger charge is -2.26. The number of nitro groups is 1. The molecule has 4 atom stereocenters. The molecule has 3 N–H and O–H groups in total. The van der Waals surface area contributed by atoms with Crippen LogP contribution in [-0.4, -0.2) is 58.2 Å². The summed E-state index contributed by atoms with van der Waals surface area (Å²) in [4.78, 5) is 24.8. The van der Waals surface area contributed by atoms with Gasteiger partial charge in [-0.05, 0) is 43.5 Å². The van der Waals surface area contributed by atoms with Gasteiger partial charge in [0.25, 0.3) is 5.69 Å². The highest BCUT2D eigenvalue weighted by atomic mass is 16.6. The first-order valence-electron chi connectivity index (χ1n) is 8.91. The van der Waals surface area contributed by atoms with Crippen LogP contribution in [0.3, 0.4) is 0 Å². The summed E-state index contributed by atoms with van der Waals surface area (Å²) >= 11 is 0. The first-order chi connectivity index (χ1) is 12.4. The average Bonchev–Trinajstić information content (AvgIpc) is 2.99. The largest absolute Gasteiger partial charge is 0.394 e. The maximum absolute atomic E-state index is 12.6. The van der Waals surface area contributed by atoms with Crippen LogP contribution in [-0.2, 0) is 4.79 Å². The lowest BCUT2D eigenvalue weighted by atomic mass is 9.99. The fourth-order valence-corrected chi connectivity index (χ4v) is 3.56. The predicted molar refractivity (Wildman–Crippen MR) is 96.5 cm³/mol. The van der Waals surface area contributed by atoms with Crippen molar-refractivity contribution in [2.24, 2.45) is 5.92 Å².